The Morgan fingerprint density at radius 1 is 0.475 bits per heavy atom. The Bertz CT molecular complexity index is 7080. The van der Waals surface area contributed by atoms with Crippen molar-refractivity contribution in [2.24, 2.45) is 5.73 Å². The van der Waals surface area contributed by atoms with Gasteiger partial charge in [-0.3, -0.25) is 34.2 Å². The second kappa shape index (κ2) is 50.2. The first-order valence-corrected chi connectivity index (χ1v) is 44.7. The van der Waals surface area contributed by atoms with E-state index in [2.05, 4.69) is 108 Å². The summed E-state index contributed by atoms with van der Waals surface area (Å²) in [4.78, 5) is 48.4. The Kier molecular flexibility index (Phi) is 37.4. The molecule has 712 valence electrons. The molecule has 0 spiro atoms. The average molecular weight is 2060 g/mol. The summed E-state index contributed by atoms with van der Waals surface area (Å²) in [5.41, 5.74) is 23.8. The number of carbonyl (C=O) groups is 3. The molecule has 2 amide bonds. The number of methoxy groups -OCH3 is 2. The molecule has 0 radical (unpaired) electrons. The zero-order valence-electron chi connectivity index (χ0n) is 78.1. The van der Waals surface area contributed by atoms with E-state index in [1.165, 1.54) is 5.56 Å². The molecule has 0 saturated carbocycles. The molecule has 3 atom stereocenters. The zero-order chi connectivity index (χ0) is 99.9. The van der Waals surface area contributed by atoms with Crippen LogP contribution < -0.4 is 40.1 Å². The number of nitriles is 2. The number of hydrogen-bond acceptors (Lipinski definition) is 24. The maximum atomic E-state index is 12.7. The number of benzene rings is 8. The van der Waals surface area contributed by atoms with Crippen molar-refractivity contribution in [3.8, 4) is 108 Å². The number of furan rings is 3. The minimum Gasteiger partial charge on any atom is -0.512 e. The summed E-state index contributed by atoms with van der Waals surface area (Å²) in [5.74, 6) is 3.31. The maximum absolute atomic E-state index is 12.7. The van der Waals surface area contributed by atoms with Crippen LogP contribution in [-0.2, 0) is 66.1 Å². The number of aromatic amines is 1. The first-order valence-electron chi connectivity index (χ1n) is 43.6. The molecule has 0 aliphatic heterocycles. The van der Waals surface area contributed by atoms with Crippen LogP contribution in [0.2, 0.25) is 0 Å². The molecule has 29 nitrogen and oxygen atoms in total. The van der Waals surface area contributed by atoms with Gasteiger partial charge in [0.15, 0.2) is 11.4 Å². The van der Waals surface area contributed by atoms with Gasteiger partial charge < -0.3 is 86.4 Å². The summed E-state index contributed by atoms with van der Waals surface area (Å²) < 4.78 is 92.4. The van der Waals surface area contributed by atoms with Crippen LogP contribution in [-0.4, -0.2) is 133 Å². The van der Waals surface area contributed by atoms with Crippen LogP contribution in [0.3, 0.4) is 0 Å². The fourth-order valence-electron chi connectivity index (χ4n) is 14.8. The summed E-state index contributed by atoms with van der Waals surface area (Å²) in [7, 11) is 3.30. The largest absolute Gasteiger partial charge is 2.00 e. The third kappa shape index (κ3) is 29.9. The Balaban J connectivity index is 0.000000195. The summed E-state index contributed by atoms with van der Waals surface area (Å²) in [6.07, 6.45) is 10.0. The smallest absolute Gasteiger partial charge is 0.512 e. The van der Waals surface area contributed by atoms with Gasteiger partial charge in [0.05, 0.1) is 129 Å². The van der Waals surface area contributed by atoms with E-state index < -0.39 is 35.9 Å². The van der Waals surface area contributed by atoms with Gasteiger partial charge in [0.1, 0.15) is 75.6 Å². The van der Waals surface area contributed by atoms with E-state index >= 15 is 0 Å². The van der Waals surface area contributed by atoms with Gasteiger partial charge in [-0.05, 0) is 225 Å². The van der Waals surface area contributed by atoms with Crippen LogP contribution in [0, 0.1) is 50.0 Å². The number of nitrogens with one attached hydrogen (secondary N) is 3. The van der Waals surface area contributed by atoms with Gasteiger partial charge in [-0.25, -0.2) is 9.59 Å². The molecule has 0 unspecified atom stereocenters. The Morgan fingerprint density at radius 3 is 1.22 bits per heavy atom. The molecule has 0 aliphatic rings. The molecule has 34 heteroatoms. The van der Waals surface area contributed by atoms with Crippen molar-refractivity contribution in [3.05, 3.63) is 343 Å². The number of halogens is 4. The van der Waals surface area contributed by atoms with Gasteiger partial charge in [0.25, 0.3) is 0 Å². The van der Waals surface area contributed by atoms with Crippen molar-refractivity contribution in [1.29, 1.82) is 21.0 Å². The first kappa shape index (κ1) is 105. The van der Waals surface area contributed by atoms with Crippen molar-refractivity contribution in [2.45, 2.75) is 109 Å². The molecule has 17 rings (SSSR count). The Labute approximate surface area is 837 Å². The van der Waals surface area contributed by atoms with Gasteiger partial charge in [0.2, 0.25) is 6.29 Å². The molecular formula is C107H96F3IN16O13Zn. The summed E-state index contributed by atoms with van der Waals surface area (Å²) in [5, 5.41) is 56.8. The van der Waals surface area contributed by atoms with Crippen LogP contribution >= 0.6 is 22.6 Å². The zero-order valence-corrected chi connectivity index (χ0v) is 83.2. The van der Waals surface area contributed by atoms with Gasteiger partial charge in [-0.2, -0.15) is 39.0 Å². The number of H-pyrrole nitrogens is 1. The van der Waals surface area contributed by atoms with Gasteiger partial charge in [-0.1, -0.05) is 133 Å². The average Bonchev–Trinajstić information content (AvgIpc) is 1.66. The number of rotatable bonds is 29. The van der Waals surface area contributed by atoms with Crippen LogP contribution in [0.15, 0.2) is 300 Å². The van der Waals surface area contributed by atoms with Gasteiger partial charge in [0, 0.05) is 55.6 Å². The molecule has 9 aromatic heterocycles. The van der Waals surface area contributed by atoms with Crippen molar-refractivity contribution in [3.63, 3.8) is 0 Å². The molecule has 9 heterocycles. The number of carbonyl (C=O) groups excluding carboxylic acids is 3. The van der Waals surface area contributed by atoms with Crippen molar-refractivity contribution in [2.75, 3.05) is 34.0 Å². The number of fused-ring (bicyclic) bond motifs is 3. The normalized spacial score (nSPS) is 11.5. The molecule has 0 saturated heterocycles. The number of nitrogens with two attached hydrogens (primary N) is 1. The Hall–Kier alpha value is -16.3. The topological polar surface area (TPSA) is 403 Å². The van der Waals surface area contributed by atoms with Crippen LogP contribution in [0.1, 0.15) is 80.7 Å². The summed E-state index contributed by atoms with van der Waals surface area (Å²) in [6.45, 7) is 22.4. The van der Waals surface area contributed by atoms with E-state index in [-0.39, 0.29) is 50.8 Å². The first-order chi connectivity index (χ1) is 67.6. The van der Waals surface area contributed by atoms with Gasteiger partial charge in [-0.15, -0.1) is 0 Å². The second-order valence-corrected chi connectivity index (χ2v) is 34.5. The van der Waals surface area contributed by atoms with Crippen LogP contribution in [0.4, 0.5) is 22.8 Å². The van der Waals surface area contributed by atoms with E-state index in [9.17, 15) is 33.3 Å². The molecule has 17 aromatic rings. The number of alkyl carbamates (subject to hydrolysis) is 2. The summed E-state index contributed by atoms with van der Waals surface area (Å²) >= 11 is 2.29. The van der Waals surface area contributed by atoms with Crippen LogP contribution in [0.25, 0.3) is 99.9 Å². The van der Waals surface area contributed by atoms with E-state index in [0.717, 1.165) is 138 Å². The van der Waals surface area contributed by atoms with E-state index in [1.807, 2.05) is 239 Å². The minimum atomic E-state index is -4.64. The predicted octanol–water partition coefficient (Wildman–Crippen LogP) is 22.0. The van der Waals surface area contributed by atoms with Crippen molar-refractivity contribution < 1.29 is 93.4 Å². The number of amides is 2. The molecule has 141 heavy (non-hydrogen) atoms. The number of alkyl halides is 3. The standard InChI is InChI=1S/C39H37N5O5.C38H37IN4O5.C26H21N5O2.C2HF3O.2CN.Zn/c1-39(2,3)49-38(45)42-30(18-26-8-6-5-7-9-26)25-48-32-20-33(37(41-22-32)29-16-17-47-24-29)28-12-15-36-34(19-28)35(21-40)43-44(36)23-27-10-13-31(46-4)14-11-27;1-38(2,3)48-37(44)41-29(18-25-8-6-5-7-9-25)24-47-31-20-32(35(40-21-31)28-16-17-46-23-28)27-12-15-34-33(19-27)36(39)42-43(34)22-26-10-13-30(45-4)14-11-26;27-13-25-23-11-18(6-7-24(23)30-31-25)22-12-21(14-29-26(22)19-8-9-32-15-19)33-16-20(28)10-17-4-2-1-3-5-17;3-2(4,5)1-6;2*1-2;/h5-17,19-20,22,24,30H,18,23,25H2,1-4H3,(H,42,45);5-17,19-21,23,29H,18,22,24H2,1-4H3,(H,41,44);1-9,11-12,14-15,20H,10,16,28H2,(H,30,31);1H;;;/q;;;;2*-1;+2/t30-;29-;20-;;;;/m000..../s1. The predicted molar refractivity (Wildman–Crippen MR) is 528 cm³/mol. The molecule has 0 aliphatic carbocycles. The Morgan fingerprint density at radius 2 is 0.844 bits per heavy atom. The fourth-order valence-corrected chi connectivity index (χ4v) is 15.5. The van der Waals surface area contributed by atoms with E-state index in [0.29, 0.717) is 66.9 Å². The third-order valence-corrected chi connectivity index (χ3v) is 21.8. The maximum Gasteiger partial charge on any atom is 2.00 e. The minimum absolute atomic E-state index is 0. The second-order valence-electron chi connectivity index (χ2n) is 33.5. The third-order valence-electron chi connectivity index (χ3n) is 21.1. The van der Waals surface area contributed by atoms with Crippen molar-refractivity contribution >= 4 is 73.8 Å². The summed E-state index contributed by atoms with van der Waals surface area (Å²) in [6, 6.07) is 78.8. The monoisotopic (exact) mass is 2060 g/mol. The molecule has 8 aromatic carbocycles. The molecule has 0 bridgehead atoms. The molecule has 0 fully saturated rings. The molecular weight excluding hydrogens is 1970 g/mol. The number of aldehydes is 1. The fraction of sp³-hybridized carbons (Fsp3) is 0.206. The number of ether oxygens (including phenoxy) is 7. The van der Waals surface area contributed by atoms with E-state index in [1.54, 1.807) is 70.4 Å². The van der Waals surface area contributed by atoms with E-state index in [4.69, 9.17) is 95.7 Å². The number of hydrogen-bond donors (Lipinski definition) is 4. The SMILES string of the molecule is COc1ccc(Cn2nc(C#N)c3cc(-c4cc(OC[C@H](Cc5ccccc5)NC(=O)OC(C)(C)C)cnc4-c4ccoc4)ccc32)cc1.COc1ccc(Cn2nc(I)c3cc(-c4cc(OC[C@H](Cc5ccccc5)NC(=O)OC(C)(C)C)cnc4-c4ccoc4)ccc32)cc1.N#Cc1n[nH]c2ccc(-c3cc(OC[C@@H](N)Cc4ccccc4)cnc3-c3ccoc3)cc12.O=CC(F)(F)F.[C-]#N.[C-]#N.[Zn+2]. The quantitative estimate of drug-likeness (QED) is 0.0146. The van der Waals surface area contributed by atoms with Crippen molar-refractivity contribution in [1.82, 2.24) is 55.3 Å². The number of aromatic nitrogens is 9. The van der Waals surface area contributed by atoms with Crippen LogP contribution in [0.5, 0.6) is 28.7 Å². The molecule has 5 N–H and O–H groups in total. The number of pyridine rings is 3. The van der Waals surface area contributed by atoms with Gasteiger partial charge >= 0.3 is 37.8 Å². The number of nitrogens with zero attached hydrogens (tertiary/aromatic N) is 12.